The van der Waals surface area contributed by atoms with Crippen molar-refractivity contribution < 1.29 is 19.0 Å². The van der Waals surface area contributed by atoms with Crippen molar-refractivity contribution in [2.24, 2.45) is 5.92 Å². The Hall–Kier alpha value is -2.80. The third-order valence-electron chi connectivity index (χ3n) is 4.97. The summed E-state index contributed by atoms with van der Waals surface area (Å²) in [6, 6.07) is 9.17. The fourth-order valence-corrected chi connectivity index (χ4v) is 3.45. The second-order valence-corrected chi connectivity index (χ2v) is 6.73. The molecule has 7 nitrogen and oxygen atoms in total. The summed E-state index contributed by atoms with van der Waals surface area (Å²) in [6.07, 6.45) is 5.38. The maximum Gasteiger partial charge on any atom is 0.315 e. The van der Waals surface area contributed by atoms with Crippen LogP contribution in [-0.2, 0) is 11.3 Å². The number of amides is 2. The molecule has 1 atom stereocenters. The molecule has 1 saturated heterocycles. The first-order chi connectivity index (χ1) is 13.7. The van der Waals surface area contributed by atoms with Crippen LogP contribution >= 0.6 is 0 Å². The summed E-state index contributed by atoms with van der Waals surface area (Å²) in [5.74, 6) is 1.62. The fourth-order valence-electron chi connectivity index (χ4n) is 3.45. The number of nitrogens with zero attached hydrogens (tertiary/aromatic N) is 1. The number of hydrogen-bond donors (Lipinski definition) is 2. The highest BCUT2D eigenvalue weighted by Crippen LogP contribution is 2.30. The van der Waals surface area contributed by atoms with Gasteiger partial charge in [-0.15, -0.1) is 0 Å². The largest absolute Gasteiger partial charge is 0.493 e. The van der Waals surface area contributed by atoms with Gasteiger partial charge in [-0.1, -0.05) is 12.1 Å². The van der Waals surface area contributed by atoms with Crippen molar-refractivity contribution in [3.05, 3.63) is 53.9 Å². The lowest BCUT2D eigenvalue weighted by molar-refractivity contribution is 0.0547. The number of pyridine rings is 1. The van der Waals surface area contributed by atoms with E-state index in [4.69, 9.17) is 14.2 Å². The quantitative estimate of drug-likeness (QED) is 0.766. The Bertz CT molecular complexity index is 764. The molecule has 1 aromatic carbocycles. The van der Waals surface area contributed by atoms with Crippen molar-refractivity contribution >= 4 is 6.03 Å². The van der Waals surface area contributed by atoms with Gasteiger partial charge in [0.15, 0.2) is 11.5 Å². The summed E-state index contributed by atoms with van der Waals surface area (Å²) in [6.45, 7) is 1.83. The molecule has 0 saturated carbocycles. The van der Waals surface area contributed by atoms with Crippen LogP contribution in [0.1, 0.15) is 30.0 Å². The van der Waals surface area contributed by atoms with Gasteiger partial charge >= 0.3 is 6.03 Å². The van der Waals surface area contributed by atoms with Crippen LogP contribution in [0.2, 0.25) is 0 Å². The van der Waals surface area contributed by atoms with Gasteiger partial charge in [-0.25, -0.2) is 4.79 Å². The first kappa shape index (κ1) is 19.9. The summed E-state index contributed by atoms with van der Waals surface area (Å²) < 4.78 is 16.0. The van der Waals surface area contributed by atoms with Gasteiger partial charge in [0, 0.05) is 32.2 Å². The summed E-state index contributed by atoms with van der Waals surface area (Å²) in [5, 5.41) is 6.05. The molecule has 0 aliphatic carbocycles. The second kappa shape index (κ2) is 9.94. The third kappa shape index (κ3) is 5.13. The summed E-state index contributed by atoms with van der Waals surface area (Å²) >= 11 is 0. The topological polar surface area (TPSA) is 81.7 Å². The average molecular weight is 385 g/mol. The lowest BCUT2D eigenvalue weighted by atomic mass is 9.88. The molecule has 3 rings (SSSR count). The number of ether oxygens (including phenoxy) is 3. The van der Waals surface area contributed by atoms with E-state index in [1.807, 2.05) is 36.5 Å². The number of benzene rings is 1. The molecule has 0 spiro atoms. The summed E-state index contributed by atoms with van der Waals surface area (Å²) in [5.41, 5.74) is 1.94. The molecule has 1 aromatic heterocycles. The molecule has 1 fully saturated rings. The molecule has 1 aliphatic rings. The monoisotopic (exact) mass is 385 g/mol. The minimum absolute atomic E-state index is 0.0944. The molecule has 1 unspecified atom stereocenters. The van der Waals surface area contributed by atoms with Gasteiger partial charge < -0.3 is 24.8 Å². The van der Waals surface area contributed by atoms with Crippen molar-refractivity contribution in [3.63, 3.8) is 0 Å². The smallest absolute Gasteiger partial charge is 0.315 e. The molecule has 150 valence electrons. The van der Waals surface area contributed by atoms with Crippen LogP contribution in [0.25, 0.3) is 0 Å². The van der Waals surface area contributed by atoms with Crippen molar-refractivity contribution in [2.75, 3.05) is 27.4 Å². The molecular weight excluding hydrogens is 358 g/mol. The summed E-state index contributed by atoms with van der Waals surface area (Å²) in [7, 11) is 3.19. The number of aromatic nitrogens is 1. The van der Waals surface area contributed by atoms with Gasteiger partial charge in [-0.2, -0.15) is 0 Å². The molecule has 2 N–H and O–H groups in total. The number of hydrogen-bond acceptors (Lipinski definition) is 5. The molecule has 7 heteroatoms. The lowest BCUT2D eigenvalue weighted by Crippen LogP contribution is -2.41. The number of carbonyl (C=O) groups excluding carboxylic acids is 1. The minimum atomic E-state index is -0.213. The van der Waals surface area contributed by atoms with Crippen molar-refractivity contribution in [3.8, 4) is 11.5 Å². The van der Waals surface area contributed by atoms with Gasteiger partial charge in [-0.3, -0.25) is 4.98 Å². The Kier molecular flexibility index (Phi) is 7.08. The highest BCUT2D eigenvalue weighted by molar-refractivity contribution is 5.74. The number of carbonyl (C=O) groups is 1. The van der Waals surface area contributed by atoms with Crippen LogP contribution in [0.3, 0.4) is 0 Å². The predicted octanol–water partition coefficient (Wildman–Crippen LogP) is 3.07. The Balaban J connectivity index is 1.63. The van der Waals surface area contributed by atoms with Gasteiger partial charge in [0.1, 0.15) is 0 Å². The van der Waals surface area contributed by atoms with Crippen LogP contribution in [0, 0.1) is 5.92 Å². The molecule has 0 bridgehead atoms. The predicted molar refractivity (Wildman–Crippen MR) is 105 cm³/mol. The number of nitrogens with one attached hydrogen (secondary N) is 2. The maximum absolute atomic E-state index is 12.6. The Morgan fingerprint density at radius 1 is 1.21 bits per heavy atom. The number of rotatable bonds is 7. The van der Waals surface area contributed by atoms with Crippen molar-refractivity contribution in [2.45, 2.75) is 25.4 Å². The van der Waals surface area contributed by atoms with E-state index >= 15 is 0 Å². The van der Waals surface area contributed by atoms with Crippen molar-refractivity contribution in [1.29, 1.82) is 0 Å². The van der Waals surface area contributed by atoms with Gasteiger partial charge in [0.25, 0.3) is 0 Å². The van der Waals surface area contributed by atoms with E-state index in [-0.39, 0.29) is 12.1 Å². The van der Waals surface area contributed by atoms with E-state index in [2.05, 4.69) is 15.6 Å². The van der Waals surface area contributed by atoms with Crippen molar-refractivity contribution in [1.82, 2.24) is 15.6 Å². The zero-order valence-corrected chi connectivity index (χ0v) is 16.3. The average Bonchev–Trinajstić information content (AvgIpc) is 2.77. The van der Waals surface area contributed by atoms with Crippen LogP contribution in [0.5, 0.6) is 11.5 Å². The molecular formula is C21H27N3O4. The standard InChI is InChI=1S/C21H27N3O4/c1-26-18-6-5-15(12-19(18)27-2)13-23-21(25)24-20(16-7-10-28-11-8-16)17-4-3-9-22-14-17/h3-6,9,12,14,16,20H,7-8,10-11,13H2,1-2H3,(H2,23,24,25). The van der Waals surface area contributed by atoms with E-state index in [0.29, 0.717) is 24.0 Å². The van der Waals surface area contributed by atoms with Crippen LogP contribution < -0.4 is 20.1 Å². The Morgan fingerprint density at radius 3 is 2.68 bits per heavy atom. The van der Waals surface area contributed by atoms with Gasteiger partial charge in [0.2, 0.25) is 0 Å². The highest BCUT2D eigenvalue weighted by Gasteiger charge is 2.27. The SMILES string of the molecule is COc1ccc(CNC(=O)NC(c2cccnc2)C2CCOCC2)cc1OC. The zero-order chi connectivity index (χ0) is 19.8. The van der Waals surface area contributed by atoms with Crippen LogP contribution in [-0.4, -0.2) is 38.4 Å². The van der Waals surface area contributed by atoms with Gasteiger partial charge in [0.05, 0.1) is 20.3 Å². The first-order valence-electron chi connectivity index (χ1n) is 9.44. The van der Waals surface area contributed by atoms with E-state index in [1.165, 1.54) is 0 Å². The molecule has 2 amide bonds. The van der Waals surface area contributed by atoms with Crippen LogP contribution in [0.4, 0.5) is 4.79 Å². The molecule has 1 aliphatic heterocycles. The maximum atomic E-state index is 12.6. The summed E-state index contributed by atoms with van der Waals surface area (Å²) in [4.78, 5) is 16.8. The first-order valence-corrected chi connectivity index (χ1v) is 9.44. The lowest BCUT2D eigenvalue weighted by Gasteiger charge is -2.31. The zero-order valence-electron chi connectivity index (χ0n) is 16.3. The van der Waals surface area contributed by atoms with Crippen LogP contribution in [0.15, 0.2) is 42.7 Å². The van der Waals surface area contributed by atoms with E-state index in [9.17, 15) is 4.79 Å². The molecule has 2 heterocycles. The number of urea groups is 1. The fraction of sp³-hybridized carbons (Fsp3) is 0.429. The second-order valence-electron chi connectivity index (χ2n) is 6.73. The van der Waals surface area contributed by atoms with E-state index in [1.54, 1.807) is 20.4 Å². The van der Waals surface area contributed by atoms with E-state index < -0.39 is 0 Å². The molecule has 2 aromatic rings. The van der Waals surface area contributed by atoms with E-state index in [0.717, 1.165) is 37.2 Å². The Morgan fingerprint density at radius 2 is 2.00 bits per heavy atom. The molecule has 0 radical (unpaired) electrons. The minimum Gasteiger partial charge on any atom is -0.493 e. The normalized spacial score (nSPS) is 15.5. The number of methoxy groups -OCH3 is 2. The highest BCUT2D eigenvalue weighted by atomic mass is 16.5. The van der Waals surface area contributed by atoms with Gasteiger partial charge in [-0.05, 0) is 48.1 Å². The Labute approximate surface area is 165 Å². The third-order valence-corrected chi connectivity index (χ3v) is 4.97. The molecule has 28 heavy (non-hydrogen) atoms.